The van der Waals surface area contributed by atoms with Crippen molar-refractivity contribution in [3.05, 3.63) is 102 Å². The van der Waals surface area contributed by atoms with Crippen LogP contribution in [0.5, 0.6) is 11.5 Å². The molecular weight excluding hydrogens is 799 g/mol. The Morgan fingerprint density at radius 2 is 0.922 bits per heavy atom. The lowest BCUT2D eigenvalue weighted by molar-refractivity contribution is -0.291. The van der Waals surface area contributed by atoms with E-state index in [1.165, 1.54) is 6.42 Å². The van der Waals surface area contributed by atoms with Gasteiger partial charge in [-0.15, -0.1) is 0 Å². The minimum absolute atomic E-state index is 0. The minimum Gasteiger partial charge on any atom is -0.467 e. The van der Waals surface area contributed by atoms with E-state index in [1.807, 2.05) is 60.7 Å². The molecule has 3 aromatic carbocycles. The molecule has 0 N–H and O–H groups in total. The molecule has 0 unspecified atom stereocenters. The fourth-order valence-corrected chi connectivity index (χ4v) is 4.85. The summed E-state index contributed by atoms with van der Waals surface area (Å²) in [5.41, 5.74) is 0.604. The maximum atomic E-state index is 5.99. The molecule has 4 aromatic rings. The number of alkyl halides is 6. The summed E-state index contributed by atoms with van der Waals surface area (Å²) in [6, 6.07) is 26.0. The third kappa shape index (κ3) is 17.7. The first-order chi connectivity index (χ1) is 21.4. The molecule has 288 valence electrons. The van der Waals surface area contributed by atoms with Gasteiger partial charge in [0, 0.05) is 23.4 Å². The second kappa shape index (κ2) is 25.3. The van der Waals surface area contributed by atoms with Gasteiger partial charge in [0.15, 0.2) is 36.8 Å². The number of ether oxygens (including phenoxy) is 4. The Morgan fingerprint density at radius 3 is 1.29 bits per heavy atom. The Bertz CT molecular complexity index is 1390. The van der Waals surface area contributed by atoms with Crippen LogP contribution in [0.15, 0.2) is 84.9 Å². The molecule has 0 atom stereocenters. The molecular formula is C37H52Cl7N3O4. The van der Waals surface area contributed by atoms with Gasteiger partial charge in [-0.1, -0.05) is 169 Å². The van der Waals surface area contributed by atoms with Crippen LogP contribution in [0.25, 0.3) is 11.4 Å². The van der Waals surface area contributed by atoms with Crippen LogP contribution in [0.3, 0.4) is 0 Å². The summed E-state index contributed by atoms with van der Waals surface area (Å²) in [6.45, 7) is 0.352. The van der Waals surface area contributed by atoms with E-state index in [-0.39, 0.29) is 75.6 Å². The van der Waals surface area contributed by atoms with Crippen LogP contribution in [0.4, 0.5) is 0 Å². The summed E-state index contributed by atoms with van der Waals surface area (Å²) < 4.78 is 19.5. The highest BCUT2D eigenvalue weighted by molar-refractivity contribution is 6.67. The second-order valence-electron chi connectivity index (χ2n) is 9.72. The lowest BCUT2D eigenvalue weighted by atomic mass is 9.94. The van der Waals surface area contributed by atoms with Gasteiger partial charge < -0.3 is 18.9 Å². The lowest BCUT2D eigenvalue weighted by Gasteiger charge is -2.36. The van der Waals surface area contributed by atoms with Gasteiger partial charge in [0.25, 0.3) is 0 Å². The molecule has 1 fully saturated rings. The second-order valence-corrected chi connectivity index (χ2v) is 14.7. The van der Waals surface area contributed by atoms with Crippen LogP contribution in [-0.2, 0) is 17.1 Å². The largest absolute Gasteiger partial charge is 0.467 e. The molecule has 7 nitrogen and oxygen atoms in total. The molecule has 51 heavy (non-hydrogen) atoms. The molecule has 1 aromatic heterocycles. The third-order valence-electron chi connectivity index (χ3n) is 6.44. The van der Waals surface area contributed by atoms with Gasteiger partial charge in [-0.05, 0) is 61.4 Å². The Hall–Kier alpha value is -1.78. The molecule has 1 heterocycles. The Balaban J connectivity index is -0.000000814. The van der Waals surface area contributed by atoms with E-state index in [9.17, 15) is 0 Å². The van der Waals surface area contributed by atoms with Crippen molar-refractivity contribution < 1.29 is 18.9 Å². The van der Waals surface area contributed by atoms with Crippen LogP contribution >= 0.6 is 81.2 Å². The molecule has 14 heteroatoms. The zero-order chi connectivity index (χ0) is 32.3. The van der Waals surface area contributed by atoms with Gasteiger partial charge in [0.05, 0.1) is 0 Å². The maximum Gasteiger partial charge on any atom is 0.250 e. The zero-order valence-corrected chi connectivity index (χ0v) is 28.9. The maximum absolute atomic E-state index is 5.99. The van der Waals surface area contributed by atoms with E-state index in [0.717, 1.165) is 37.2 Å². The highest BCUT2D eigenvalue weighted by Crippen LogP contribution is 2.41. The minimum atomic E-state index is -1.88. The van der Waals surface area contributed by atoms with Crippen molar-refractivity contribution in [3.8, 4) is 22.9 Å². The fraction of sp³-hybridized carbons (Fsp3) is 0.432. The summed E-state index contributed by atoms with van der Waals surface area (Å²) >= 11 is 40.6. The molecule has 1 saturated carbocycles. The average molecular weight is 851 g/mol. The predicted molar refractivity (Wildman–Crippen MR) is 221 cm³/mol. The lowest BCUT2D eigenvalue weighted by Crippen LogP contribution is -2.40. The molecule has 0 radical (unpaired) electrons. The molecule has 0 spiro atoms. The smallest absolute Gasteiger partial charge is 0.250 e. The molecule has 0 bridgehead atoms. The first-order valence-corrected chi connectivity index (χ1v) is 16.4. The molecule has 0 amide bonds. The van der Waals surface area contributed by atoms with E-state index < -0.39 is 13.4 Å². The Kier molecular flexibility index (Phi) is 26.6. The van der Waals surface area contributed by atoms with E-state index in [2.05, 4.69) is 15.0 Å². The predicted octanol–water partition coefficient (Wildman–Crippen LogP) is 14.4. The highest BCUT2D eigenvalue weighted by atomic mass is 35.6. The van der Waals surface area contributed by atoms with Crippen LogP contribution < -0.4 is 9.47 Å². The summed E-state index contributed by atoms with van der Waals surface area (Å²) in [5, 5.41) is 0.552. The number of benzene rings is 3. The van der Waals surface area contributed by atoms with Crippen molar-refractivity contribution in [1.82, 2.24) is 15.0 Å². The number of aromatic nitrogens is 3. The fourth-order valence-electron chi connectivity index (χ4n) is 4.22. The number of nitrogens with zero attached hydrogens (tertiary/aromatic N) is 3. The number of halogens is 7. The van der Waals surface area contributed by atoms with Crippen molar-refractivity contribution in [2.75, 3.05) is 13.6 Å². The number of para-hydroxylation sites is 2. The average Bonchev–Trinajstić information content (AvgIpc) is 3.02. The summed E-state index contributed by atoms with van der Waals surface area (Å²) in [5.74, 6) is 0.891. The molecule has 5 rings (SSSR count). The van der Waals surface area contributed by atoms with Crippen molar-refractivity contribution >= 4 is 81.2 Å². The standard InChI is InChI=1S/C20H24O4.C11H4Cl7N3.6CH4/c1-4-10-18(11-5-1)21-16-23-20(14-8-3-9-15-20)24-17-22-19-12-6-2-7-13-19;12-6-3-1-5(2-4-6)7-19-8(10(13,14)15)21-9(20-7)11(16,17)18;;;;;;/h1-2,4-7,10-13H,3,8-9,14-17H2;1-4H;6*1H4. The van der Waals surface area contributed by atoms with E-state index in [4.69, 9.17) is 100 Å². The van der Waals surface area contributed by atoms with Gasteiger partial charge in [-0.3, -0.25) is 0 Å². The molecule has 0 aliphatic heterocycles. The van der Waals surface area contributed by atoms with Crippen LogP contribution in [0.2, 0.25) is 5.02 Å². The SMILES string of the molecule is C.C.C.C.C.C.Clc1ccc(-c2nc(C(Cl)(Cl)Cl)nc(C(Cl)(Cl)Cl)n2)cc1.c1ccc(OCOC2(OCOc3ccccc3)CCCCC2)cc1. The van der Waals surface area contributed by atoms with Gasteiger partial charge in [0.2, 0.25) is 7.59 Å². The Morgan fingerprint density at radius 1 is 0.529 bits per heavy atom. The van der Waals surface area contributed by atoms with E-state index in [1.54, 1.807) is 24.3 Å². The molecule has 1 aliphatic carbocycles. The number of rotatable bonds is 9. The summed E-state index contributed by atoms with van der Waals surface area (Å²) in [6.07, 6.45) is 5.13. The topological polar surface area (TPSA) is 75.6 Å². The first-order valence-electron chi connectivity index (χ1n) is 13.7. The van der Waals surface area contributed by atoms with E-state index >= 15 is 0 Å². The quantitative estimate of drug-likeness (QED) is 0.123. The van der Waals surface area contributed by atoms with Gasteiger partial charge >= 0.3 is 0 Å². The van der Waals surface area contributed by atoms with Gasteiger partial charge in [-0.2, -0.15) is 0 Å². The number of hydrogen-bond acceptors (Lipinski definition) is 7. The third-order valence-corrected chi connectivity index (χ3v) is 7.71. The summed E-state index contributed by atoms with van der Waals surface area (Å²) in [7, 11) is 0. The number of hydrogen-bond donors (Lipinski definition) is 0. The Labute approximate surface area is 341 Å². The first kappa shape index (κ1) is 53.6. The van der Waals surface area contributed by atoms with Crippen LogP contribution in [0.1, 0.15) is 88.3 Å². The molecule has 0 saturated heterocycles. The van der Waals surface area contributed by atoms with Crippen LogP contribution in [0, 0.1) is 0 Å². The van der Waals surface area contributed by atoms with Crippen molar-refractivity contribution in [3.63, 3.8) is 0 Å². The van der Waals surface area contributed by atoms with E-state index in [0.29, 0.717) is 10.6 Å². The van der Waals surface area contributed by atoms with Crippen molar-refractivity contribution in [2.45, 2.75) is 90.0 Å². The summed E-state index contributed by atoms with van der Waals surface area (Å²) in [4.78, 5) is 12.0. The zero-order valence-electron chi connectivity index (χ0n) is 23.7. The normalized spacial score (nSPS) is 12.9. The van der Waals surface area contributed by atoms with Crippen LogP contribution in [-0.4, -0.2) is 34.3 Å². The van der Waals surface area contributed by atoms with Gasteiger partial charge in [0.1, 0.15) is 11.5 Å². The highest BCUT2D eigenvalue weighted by Gasteiger charge is 2.35. The molecule has 1 aliphatic rings. The van der Waals surface area contributed by atoms with Crippen molar-refractivity contribution in [2.24, 2.45) is 0 Å². The monoisotopic (exact) mass is 847 g/mol. The van der Waals surface area contributed by atoms with Gasteiger partial charge in [-0.25, -0.2) is 15.0 Å². The van der Waals surface area contributed by atoms with Crippen molar-refractivity contribution in [1.29, 1.82) is 0 Å².